The number of pyridine rings is 1. The molecule has 164 valence electrons. The van der Waals surface area contributed by atoms with E-state index in [1.165, 1.54) is 11.3 Å². The summed E-state index contributed by atoms with van der Waals surface area (Å²) in [5.41, 5.74) is 3.54. The van der Waals surface area contributed by atoms with E-state index in [1.807, 2.05) is 22.4 Å². The Labute approximate surface area is 188 Å². The molecule has 7 heteroatoms. The molecule has 0 N–H and O–H groups in total. The average Bonchev–Trinajstić information content (AvgIpc) is 3.26. The van der Waals surface area contributed by atoms with Crippen molar-refractivity contribution in [3.8, 4) is 6.07 Å². The zero-order chi connectivity index (χ0) is 22.3. The molecule has 0 radical (unpaired) electrons. The number of thiophene rings is 1. The molecule has 2 aromatic heterocycles. The van der Waals surface area contributed by atoms with E-state index in [4.69, 9.17) is 9.72 Å². The fraction of sp³-hybridized carbons (Fsp3) is 0.542. The van der Waals surface area contributed by atoms with E-state index >= 15 is 0 Å². The third-order valence-electron chi connectivity index (χ3n) is 6.21. The summed E-state index contributed by atoms with van der Waals surface area (Å²) in [6.07, 6.45) is 0.701. The predicted octanol–water partition coefficient (Wildman–Crippen LogP) is 4.34. The number of anilines is 1. The second-order valence-corrected chi connectivity index (χ2v) is 10.4. The molecule has 0 bridgehead atoms. The first-order valence-electron chi connectivity index (χ1n) is 10.9. The second-order valence-electron chi connectivity index (χ2n) is 9.42. The van der Waals surface area contributed by atoms with Gasteiger partial charge in [-0.15, -0.1) is 11.3 Å². The fourth-order valence-corrected chi connectivity index (χ4v) is 5.27. The molecule has 2 aliphatic heterocycles. The highest BCUT2D eigenvalue weighted by Crippen LogP contribution is 2.38. The molecule has 2 aliphatic rings. The zero-order valence-corrected chi connectivity index (χ0v) is 19.8. The van der Waals surface area contributed by atoms with Crippen LogP contribution >= 0.6 is 11.3 Å². The average molecular weight is 439 g/mol. The van der Waals surface area contributed by atoms with Crippen molar-refractivity contribution in [1.82, 2.24) is 9.88 Å². The van der Waals surface area contributed by atoms with Crippen LogP contribution < -0.4 is 4.90 Å². The van der Waals surface area contributed by atoms with Crippen LogP contribution in [0, 0.1) is 11.3 Å². The summed E-state index contributed by atoms with van der Waals surface area (Å²) >= 11 is 1.48. The molecule has 1 amide bonds. The number of carbonyl (C=O) groups excluding carboxylic acids is 1. The Morgan fingerprint density at radius 3 is 2.74 bits per heavy atom. The summed E-state index contributed by atoms with van der Waals surface area (Å²) in [7, 11) is 0. The van der Waals surface area contributed by atoms with Crippen molar-refractivity contribution in [3.63, 3.8) is 0 Å². The standard InChI is InChI=1S/C24H30N4O2S/c1-15(2)21-19-14-30-24(4,5)11-17(19)18(12-25)22(26-21)27-8-9-28(16(3)13-27)23(29)20-7-6-10-31-20/h6-7,10,15-16H,8-9,11,13-14H2,1-5H3. The molecule has 0 saturated carbocycles. The SMILES string of the molecule is CC(C)c1nc(N2CCN(C(=O)c3cccs3)C(C)C2)c(C#N)c2c1COC(C)(C)C2. The topological polar surface area (TPSA) is 69.5 Å². The first-order chi connectivity index (χ1) is 14.7. The van der Waals surface area contributed by atoms with Gasteiger partial charge in [0, 0.05) is 37.7 Å². The van der Waals surface area contributed by atoms with Gasteiger partial charge in [-0.3, -0.25) is 4.79 Å². The lowest BCUT2D eigenvalue weighted by Gasteiger charge is -2.41. The normalized spacial score (nSPS) is 20.5. The maximum Gasteiger partial charge on any atom is 0.264 e. The quantitative estimate of drug-likeness (QED) is 0.713. The van der Waals surface area contributed by atoms with Gasteiger partial charge >= 0.3 is 0 Å². The summed E-state index contributed by atoms with van der Waals surface area (Å²) in [5.74, 6) is 1.09. The van der Waals surface area contributed by atoms with E-state index in [-0.39, 0.29) is 23.5 Å². The Kier molecular flexibility index (Phi) is 5.80. The number of rotatable bonds is 3. The molecule has 4 rings (SSSR count). The monoisotopic (exact) mass is 438 g/mol. The van der Waals surface area contributed by atoms with E-state index in [0.29, 0.717) is 38.2 Å². The molecular formula is C24H30N4O2S. The third kappa shape index (κ3) is 4.07. The Hall–Kier alpha value is -2.43. The molecular weight excluding hydrogens is 408 g/mol. The summed E-state index contributed by atoms with van der Waals surface area (Å²) < 4.78 is 6.05. The van der Waals surface area contributed by atoms with Crippen molar-refractivity contribution in [2.24, 2.45) is 0 Å². The molecule has 1 unspecified atom stereocenters. The van der Waals surface area contributed by atoms with E-state index in [1.54, 1.807) is 0 Å². The smallest absolute Gasteiger partial charge is 0.264 e. The first-order valence-corrected chi connectivity index (χ1v) is 11.8. The van der Waals surface area contributed by atoms with Crippen molar-refractivity contribution in [1.29, 1.82) is 5.26 Å². The van der Waals surface area contributed by atoms with E-state index < -0.39 is 0 Å². The van der Waals surface area contributed by atoms with E-state index in [2.05, 4.69) is 45.6 Å². The lowest BCUT2D eigenvalue weighted by molar-refractivity contribution is -0.0408. The molecule has 2 aromatic rings. The summed E-state index contributed by atoms with van der Waals surface area (Å²) in [6, 6.07) is 6.28. The van der Waals surface area contributed by atoms with Crippen LogP contribution in [-0.4, -0.2) is 47.1 Å². The van der Waals surface area contributed by atoms with Crippen molar-refractivity contribution in [2.75, 3.05) is 24.5 Å². The number of carbonyl (C=O) groups is 1. The summed E-state index contributed by atoms with van der Waals surface area (Å²) in [4.78, 5) is 22.8. The molecule has 1 fully saturated rings. The number of ether oxygens (including phenoxy) is 1. The number of fused-ring (bicyclic) bond motifs is 1. The fourth-order valence-electron chi connectivity index (χ4n) is 4.60. The first kappa shape index (κ1) is 21.8. The third-order valence-corrected chi connectivity index (χ3v) is 7.07. The van der Waals surface area contributed by atoms with E-state index in [9.17, 15) is 10.1 Å². The number of aromatic nitrogens is 1. The van der Waals surface area contributed by atoms with Crippen molar-refractivity contribution < 1.29 is 9.53 Å². The minimum absolute atomic E-state index is 0.0370. The van der Waals surface area contributed by atoms with E-state index in [0.717, 1.165) is 27.5 Å². The van der Waals surface area contributed by atoms with Crippen molar-refractivity contribution >= 4 is 23.1 Å². The van der Waals surface area contributed by atoms with Crippen LogP contribution in [0.25, 0.3) is 0 Å². The molecule has 31 heavy (non-hydrogen) atoms. The van der Waals surface area contributed by atoms with Crippen LogP contribution in [0.4, 0.5) is 5.82 Å². The minimum atomic E-state index is -0.301. The van der Waals surface area contributed by atoms with Gasteiger partial charge < -0.3 is 14.5 Å². The van der Waals surface area contributed by atoms with Crippen LogP contribution in [0.3, 0.4) is 0 Å². The maximum absolute atomic E-state index is 12.9. The van der Waals surface area contributed by atoms with Gasteiger partial charge in [0.2, 0.25) is 0 Å². The minimum Gasteiger partial charge on any atom is -0.370 e. The number of amides is 1. The van der Waals surface area contributed by atoms with Gasteiger partial charge in [-0.25, -0.2) is 4.98 Å². The van der Waals surface area contributed by atoms with Crippen molar-refractivity contribution in [2.45, 2.75) is 65.2 Å². The molecule has 6 nitrogen and oxygen atoms in total. The zero-order valence-electron chi connectivity index (χ0n) is 18.9. The lowest BCUT2D eigenvalue weighted by atomic mass is 9.86. The van der Waals surface area contributed by atoms with Gasteiger partial charge in [0.25, 0.3) is 5.91 Å². The Morgan fingerprint density at radius 2 is 2.13 bits per heavy atom. The van der Waals surface area contributed by atoms with Gasteiger partial charge in [0.05, 0.1) is 28.3 Å². The molecule has 1 atom stereocenters. The molecule has 4 heterocycles. The highest BCUT2D eigenvalue weighted by molar-refractivity contribution is 7.12. The van der Waals surface area contributed by atoms with Crippen LogP contribution in [0.2, 0.25) is 0 Å². The van der Waals surface area contributed by atoms with Gasteiger partial charge in [0.15, 0.2) is 0 Å². The number of nitrogens with zero attached hydrogens (tertiary/aromatic N) is 4. The highest BCUT2D eigenvalue weighted by atomic mass is 32.1. The van der Waals surface area contributed by atoms with Crippen LogP contribution in [0.5, 0.6) is 0 Å². The molecule has 0 aliphatic carbocycles. The van der Waals surface area contributed by atoms with Crippen LogP contribution in [0.15, 0.2) is 17.5 Å². The largest absolute Gasteiger partial charge is 0.370 e. The number of nitriles is 1. The summed E-state index contributed by atoms with van der Waals surface area (Å²) in [5, 5.41) is 12.0. The number of piperazine rings is 1. The number of hydrogen-bond donors (Lipinski definition) is 0. The Balaban J connectivity index is 1.68. The van der Waals surface area contributed by atoms with Gasteiger partial charge in [-0.1, -0.05) is 19.9 Å². The van der Waals surface area contributed by atoms with Crippen LogP contribution in [-0.2, 0) is 17.8 Å². The molecule has 0 spiro atoms. The summed E-state index contributed by atoms with van der Waals surface area (Å²) in [6.45, 7) is 12.9. The van der Waals surface area contributed by atoms with Gasteiger partial charge in [0.1, 0.15) is 11.9 Å². The Bertz CT molecular complexity index is 1020. The van der Waals surface area contributed by atoms with Crippen LogP contribution in [0.1, 0.15) is 72.6 Å². The predicted molar refractivity (Wildman–Crippen MR) is 123 cm³/mol. The molecule has 1 saturated heterocycles. The number of hydrogen-bond acceptors (Lipinski definition) is 6. The van der Waals surface area contributed by atoms with Gasteiger partial charge in [-0.05, 0) is 43.7 Å². The molecule has 0 aromatic carbocycles. The second kappa shape index (κ2) is 8.25. The highest BCUT2D eigenvalue weighted by Gasteiger charge is 2.35. The van der Waals surface area contributed by atoms with Crippen molar-refractivity contribution in [3.05, 3.63) is 44.8 Å². The lowest BCUT2D eigenvalue weighted by Crippen LogP contribution is -2.54. The Morgan fingerprint density at radius 1 is 1.35 bits per heavy atom. The maximum atomic E-state index is 12.9. The van der Waals surface area contributed by atoms with Gasteiger partial charge in [-0.2, -0.15) is 5.26 Å².